The highest BCUT2D eigenvalue weighted by atomic mass is 79.9. The van der Waals surface area contributed by atoms with Gasteiger partial charge in [-0.25, -0.2) is 0 Å². The molecule has 3 aromatic rings. The zero-order valence-corrected chi connectivity index (χ0v) is 16.6. The number of amides is 1. The predicted molar refractivity (Wildman–Crippen MR) is 107 cm³/mol. The minimum atomic E-state index is -0.459. The third kappa shape index (κ3) is 3.93. The smallest absolute Gasteiger partial charge is 0.291 e. The van der Waals surface area contributed by atoms with E-state index in [2.05, 4.69) is 21.2 Å². The van der Waals surface area contributed by atoms with Crippen LogP contribution in [0.4, 0.5) is 11.4 Å². The molecular formula is C20H17BrN2O4. The number of nitro benzene ring substituents is 1. The zero-order valence-electron chi connectivity index (χ0n) is 15.0. The fourth-order valence-electron chi connectivity index (χ4n) is 2.89. The number of nitro groups is 1. The molecule has 7 heteroatoms. The lowest BCUT2D eigenvalue weighted by Gasteiger charge is -2.11. The van der Waals surface area contributed by atoms with Gasteiger partial charge in [0.1, 0.15) is 5.76 Å². The molecular weight excluding hydrogens is 412 g/mol. The van der Waals surface area contributed by atoms with E-state index in [0.717, 1.165) is 21.2 Å². The van der Waals surface area contributed by atoms with Crippen LogP contribution in [-0.2, 0) is 0 Å². The minimum Gasteiger partial charge on any atom is -0.451 e. The summed E-state index contributed by atoms with van der Waals surface area (Å²) >= 11 is 3.42. The Balaban J connectivity index is 1.91. The fraction of sp³-hybridized carbons (Fsp3) is 0.150. The summed E-state index contributed by atoms with van der Waals surface area (Å²) in [6.07, 6.45) is 0. The molecule has 0 radical (unpaired) electrons. The van der Waals surface area contributed by atoms with Crippen LogP contribution in [0.25, 0.3) is 11.3 Å². The third-order valence-corrected chi connectivity index (χ3v) is 4.64. The van der Waals surface area contributed by atoms with Crippen LogP contribution in [0.5, 0.6) is 0 Å². The molecule has 1 N–H and O–H groups in total. The van der Waals surface area contributed by atoms with Gasteiger partial charge in [-0.3, -0.25) is 14.9 Å². The van der Waals surface area contributed by atoms with Gasteiger partial charge >= 0.3 is 0 Å². The number of hydrogen-bond acceptors (Lipinski definition) is 4. The molecule has 1 aromatic heterocycles. The lowest BCUT2D eigenvalue weighted by atomic mass is 10.1. The Morgan fingerprint density at radius 1 is 1.07 bits per heavy atom. The van der Waals surface area contributed by atoms with E-state index >= 15 is 0 Å². The largest absolute Gasteiger partial charge is 0.451 e. The number of halogens is 1. The number of carbonyl (C=O) groups excluding carboxylic acids is 1. The molecule has 0 aliphatic carbocycles. The fourth-order valence-corrected chi connectivity index (χ4v) is 3.58. The summed E-state index contributed by atoms with van der Waals surface area (Å²) in [6.45, 7) is 5.58. The van der Waals surface area contributed by atoms with Crippen LogP contribution < -0.4 is 5.32 Å². The number of hydrogen-bond donors (Lipinski definition) is 1. The second-order valence-corrected chi connectivity index (χ2v) is 7.23. The van der Waals surface area contributed by atoms with Gasteiger partial charge in [0.15, 0.2) is 5.76 Å². The van der Waals surface area contributed by atoms with Crippen molar-refractivity contribution in [2.24, 2.45) is 0 Å². The Morgan fingerprint density at radius 2 is 1.74 bits per heavy atom. The van der Waals surface area contributed by atoms with Gasteiger partial charge in [0, 0.05) is 16.2 Å². The lowest BCUT2D eigenvalue weighted by molar-refractivity contribution is -0.384. The van der Waals surface area contributed by atoms with Crippen LogP contribution in [0, 0.1) is 30.9 Å². The first-order chi connectivity index (χ1) is 12.8. The number of furan rings is 1. The van der Waals surface area contributed by atoms with Gasteiger partial charge in [-0.2, -0.15) is 0 Å². The van der Waals surface area contributed by atoms with Crippen molar-refractivity contribution in [3.63, 3.8) is 0 Å². The molecule has 0 saturated carbocycles. The van der Waals surface area contributed by atoms with Crippen molar-refractivity contribution < 1.29 is 14.1 Å². The SMILES string of the molecule is Cc1ccc(-c2ccc(C(=O)Nc3c(C)cc(Br)cc3C)o2)c([N+](=O)[O-])c1. The number of aryl methyl sites for hydroxylation is 3. The van der Waals surface area contributed by atoms with E-state index in [1.807, 2.05) is 26.0 Å². The van der Waals surface area contributed by atoms with E-state index < -0.39 is 10.8 Å². The second-order valence-electron chi connectivity index (χ2n) is 6.31. The van der Waals surface area contributed by atoms with Crippen LogP contribution >= 0.6 is 15.9 Å². The predicted octanol–water partition coefficient (Wildman–Crippen LogP) is 5.79. The number of benzene rings is 2. The quantitative estimate of drug-likeness (QED) is 0.420. The Kier molecular flexibility index (Phi) is 5.14. The first-order valence-corrected chi connectivity index (χ1v) is 8.99. The van der Waals surface area contributed by atoms with Gasteiger partial charge in [0.05, 0.1) is 10.5 Å². The Bertz CT molecular complexity index is 1030. The maximum atomic E-state index is 12.6. The summed E-state index contributed by atoms with van der Waals surface area (Å²) in [5.74, 6) is -0.0535. The van der Waals surface area contributed by atoms with Gasteiger partial charge in [-0.15, -0.1) is 0 Å². The molecule has 3 rings (SSSR count). The van der Waals surface area contributed by atoms with Crippen molar-refractivity contribution in [1.29, 1.82) is 0 Å². The van der Waals surface area contributed by atoms with Crippen LogP contribution in [0.3, 0.4) is 0 Å². The number of rotatable bonds is 4. The minimum absolute atomic E-state index is 0.0593. The van der Waals surface area contributed by atoms with Crippen molar-refractivity contribution in [3.05, 3.63) is 79.5 Å². The summed E-state index contributed by atoms with van der Waals surface area (Å²) in [4.78, 5) is 23.4. The average Bonchev–Trinajstić information content (AvgIpc) is 3.07. The monoisotopic (exact) mass is 428 g/mol. The summed E-state index contributed by atoms with van der Waals surface area (Å²) in [5.41, 5.74) is 3.59. The molecule has 27 heavy (non-hydrogen) atoms. The number of carbonyl (C=O) groups is 1. The molecule has 6 nitrogen and oxygen atoms in total. The normalized spacial score (nSPS) is 10.7. The zero-order chi connectivity index (χ0) is 19.7. The van der Waals surface area contributed by atoms with E-state index in [1.165, 1.54) is 12.1 Å². The molecule has 0 aliphatic rings. The standard InChI is InChI=1S/C20H17BrN2O4/c1-11-4-5-15(16(8-11)23(25)26)17-6-7-18(27-17)20(24)22-19-12(2)9-14(21)10-13(19)3/h4-10H,1-3H3,(H,22,24). The number of nitrogens with one attached hydrogen (secondary N) is 1. The highest BCUT2D eigenvalue weighted by Crippen LogP contribution is 2.32. The van der Waals surface area contributed by atoms with Crippen molar-refractivity contribution in [2.45, 2.75) is 20.8 Å². The van der Waals surface area contributed by atoms with E-state index in [9.17, 15) is 14.9 Å². The Hall–Kier alpha value is -2.93. The summed E-state index contributed by atoms with van der Waals surface area (Å²) in [6, 6.07) is 11.8. The molecule has 0 bridgehead atoms. The average molecular weight is 429 g/mol. The molecule has 0 atom stereocenters. The summed E-state index contributed by atoms with van der Waals surface area (Å²) in [7, 11) is 0. The van der Waals surface area contributed by atoms with E-state index in [4.69, 9.17) is 4.42 Å². The molecule has 2 aromatic carbocycles. The van der Waals surface area contributed by atoms with Crippen LogP contribution in [0.15, 0.2) is 51.4 Å². The van der Waals surface area contributed by atoms with Gasteiger partial charge in [-0.05, 0) is 67.8 Å². The van der Waals surface area contributed by atoms with Crippen LogP contribution in [-0.4, -0.2) is 10.8 Å². The Morgan fingerprint density at radius 3 is 2.37 bits per heavy atom. The van der Waals surface area contributed by atoms with E-state index in [-0.39, 0.29) is 17.2 Å². The molecule has 0 spiro atoms. The molecule has 1 amide bonds. The molecule has 0 fully saturated rings. The van der Waals surface area contributed by atoms with Crippen molar-refractivity contribution >= 4 is 33.2 Å². The van der Waals surface area contributed by atoms with Gasteiger partial charge in [-0.1, -0.05) is 22.0 Å². The maximum Gasteiger partial charge on any atom is 0.291 e. The van der Waals surface area contributed by atoms with Gasteiger partial charge < -0.3 is 9.73 Å². The van der Waals surface area contributed by atoms with Gasteiger partial charge in [0.25, 0.3) is 11.6 Å². The van der Waals surface area contributed by atoms with Gasteiger partial charge in [0.2, 0.25) is 0 Å². The van der Waals surface area contributed by atoms with E-state index in [0.29, 0.717) is 11.3 Å². The second kappa shape index (κ2) is 7.36. The third-order valence-electron chi connectivity index (χ3n) is 4.18. The summed E-state index contributed by atoms with van der Waals surface area (Å²) in [5, 5.41) is 14.2. The lowest BCUT2D eigenvalue weighted by Crippen LogP contribution is -2.13. The first-order valence-electron chi connectivity index (χ1n) is 8.19. The van der Waals surface area contributed by atoms with Crippen LogP contribution in [0.2, 0.25) is 0 Å². The molecule has 1 heterocycles. The highest BCUT2D eigenvalue weighted by Gasteiger charge is 2.20. The molecule has 0 aliphatic heterocycles. The van der Waals surface area contributed by atoms with Crippen LogP contribution in [0.1, 0.15) is 27.2 Å². The topological polar surface area (TPSA) is 85.4 Å². The number of anilines is 1. The molecule has 0 saturated heterocycles. The first kappa shape index (κ1) is 18.8. The molecule has 138 valence electrons. The van der Waals surface area contributed by atoms with E-state index in [1.54, 1.807) is 25.1 Å². The summed E-state index contributed by atoms with van der Waals surface area (Å²) < 4.78 is 6.54. The van der Waals surface area contributed by atoms with Crippen molar-refractivity contribution in [3.8, 4) is 11.3 Å². The highest BCUT2D eigenvalue weighted by molar-refractivity contribution is 9.10. The molecule has 0 unspecified atom stereocenters. The maximum absolute atomic E-state index is 12.6. The van der Waals surface area contributed by atoms with Crippen molar-refractivity contribution in [1.82, 2.24) is 0 Å². The van der Waals surface area contributed by atoms with Crippen molar-refractivity contribution in [2.75, 3.05) is 5.32 Å². The number of nitrogens with zero attached hydrogens (tertiary/aromatic N) is 1. The Labute approximate surface area is 164 Å².